The number of rotatable bonds is 2. The molecule has 2 N–H and O–H groups in total. The van der Waals surface area contributed by atoms with E-state index in [4.69, 9.17) is 17.3 Å². The zero-order chi connectivity index (χ0) is 14.1. The molecule has 0 bridgehead atoms. The molecule has 20 heavy (non-hydrogen) atoms. The van der Waals surface area contributed by atoms with E-state index in [0.29, 0.717) is 16.5 Å². The van der Waals surface area contributed by atoms with Gasteiger partial charge in [0, 0.05) is 16.8 Å². The van der Waals surface area contributed by atoms with Crippen LogP contribution in [0, 0.1) is 5.82 Å². The largest absolute Gasteiger partial charge is 0.384 e. The van der Waals surface area contributed by atoms with E-state index in [1.54, 1.807) is 35.2 Å². The van der Waals surface area contributed by atoms with Gasteiger partial charge in [-0.05, 0) is 30.3 Å². The van der Waals surface area contributed by atoms with Gasteiger partial charge in [-0.1, -0.05) is 11.6 Å². The van der Waals surface area contributed by atoms with E-state index in [-0.39, 0.29) is 0 Å². The summed E-state index contributed by atoms with van der Waals surface area (Å²) in [5.41, 5.74) is 7.45. The van der Waals surface area contributed by atoms with Crippen LogP contribution in [0.2, 0.25) is 5.02 Å². The minimum absolute atomic E-state index is 0.349. The van der Waals surface area contributed by atoms with Gasteiger partial charge in [0.15, 0.2) is 0 Å². The quantitative estimate of drug-likeness (QED) is 0.787. The number of hydrogen-bond donors (Lipinski definition) is 1. The van der Waals surface area contributed by atoms with Crippen LogP contribution in [0.25, 0.3) is 16.9 Å². The van der Waals surface area contributed by atoms with Gasteiger partial charge in [-0.2, -0.15) is 0 Å². The molecule has 0 atom stereocenters. The van der Waals surface area contributed by atoms with E-state index in [0.717, 1.165) is 11.3 Å². The summed E-state index contributed by atoms with van der Waals surface area (Å²) >= 11 is 5.76. The molecule has 0 aliphatic heterocycles. The molecule has 2 aromatic heterocycles. The normalized spacial score (nSPS) is 10.7. The highest BCUT2D eigenvalue weighted by atomic mass is 35.5. The molecule has 4 nitrogen and oxygen atoms in total. The molecule has 0 radical (unpaired) electrons. The van der Waals surface area contributed by atoms with Crippen molar-refractivity contribution < 1.29 is 4.39 Å². The van der Waals surface area contributed by atoms with Crippen molar-refractivity contribution in [3.63, 3.8) is 0 Å². The van der Waals surface area contributed by atoms with E-state index < -0.39 is 5.82 Å². The van der Waals surface area contributed by atoms with Gasteiger partial charge >= 0.3 is 0 Å². The fraction of sp³-hybridized carbons (Fsp3) is 0. The average Bonchev–Trinajstić information content (AvgIpc) is 2.88. The van der Waals surface area contributed by atoms with Crippen LogP contribution in [0.1, 0.15) is 0 Å². The standard InChI is InChI=1S/C14H10ClFN4/c15-10-2-3-12(11(16)5-10)20-8-18-7-13(20)9-1-4-14(17)19-6-9/h1-8H,(H2,17,19). The van der Waals surface area contributed by atoms with Crippen molar-refractivity contribution in [2.24, 2.45) is 0 Å². The first kappa shape index (κ1) is 12.6. The third-order valence-electron chi connectivity index (χ3n) is 2.89. The number of aromatic nitrogens is 3. The summed E-state index contributed by atoms with van der Waals surface area (Å²) in [6.45, 7) is 0. The number of anilines is 1. The summed E-state index contributed by atoms with van der Waals surface area (Å²) < 4.78 is 15.6. The molecule has 0 fully saturated rings. The second kappa shape index (κ2) is 4.94. The van der Waals surface area contributed by atoms with Crippen molar-refractivity contribution >= 4 is 17.4 Å². The highest BCUT2D eigenvalue weighted by Crippen LogP contribution is 2.25. The Labute approximate surface area is 119 Å². The zero-order valence-corrected chi connectivity index (χ0v) is 11.0. The predicted octanol–water partition coefficient (Wildman–Crippen LogP) is 3.31. The molecule has 3 aromatic rings. The topological polar surface area (TPSA) is 56.7 Å². The van der Waals surface area contributed by atoms with Gasteiger partial charge in [-0.15, -0.1) is 0 Å². The lowest BCUT2D eigenvalue weighted by Gasteiger charge is -2.09. The maximum absolute atomic E-state index is 14.0. The number of nitrogens with two attached hydrogens (primary N) is 1. The Hall–Kier alpha value is -2.40. The van der Waals surface area contributed by atoms with Crippen LogP contribution >= 0.6 is 11.6 Å². The summed E-state index contributed by atoms with van der Waals surface area (Å²) in [5, 5.41) is 0.349. The first-order valence-corrected chi connectivity index (χ1v) is 6.22. The highest BCUT2D eigenvalue weighted by Gasteiger charge is 2.11. The number of nitrogens with zero attached hydrogens (tertiary/aromatic N) is 3. The van der Waals surface area contributed by atoms with Gasteiger partial charge in [0.05, 0.1) is 23.9 Å². The van der Waals surface area contributed by atoms with Crippen molar-refractivity contribution in [1.82, 2.24) is 14.5 Å². The number of benzene rings is 1. The number of halogens is 2. The molecule has 0 spiro atoms. The fourth-order valence-electron chi connectivity index (χ4n) is 1.93. The van der Waals surface area contributed by atoms with Crippen LogP contribution in [-0.4, -0.2) is 14.5 Å². The van der Waals surface area contributed by atoms with Crippen LogP contribution in [0.3, 0.4) is 0 Å². The monoisotopic (exact) mass is 288 g/mol. The molecule has 6 heteroatoms. The lowest BCUT2D eigenvalue weighted by molar-refractivity contribution is 0.618. The SMILES string of the molecule is Nc1ccc(-c2cncn2-c2ccc(Cl)cc2F)cn1. The Bertz CT molecular complexity index is 752. The van der Waals surface area contributed by atoms with Gasteiger partial charge in [-0.25, -0.2) is 14.4 Å². The maximum Gasteiger partial charge on any atom is 0.148 e. The van der Waals surface area contributed by atoms with E-state index in [2.05, 4.69) is 9.97 Å². The lowest BCUT2D eigenvalue weighted by Crippen LogP contribution is -1.99. The second-order valence-corrected chi connectivity index (χ2v) is 4.65. The Morgan fingerprint density at radius 2 is 2.00 bits per heavy atom. The van der Waals surface area contributed by atoms with Crippen LogP contribution in [0.15, 0.2) is 49.1 Å². The summed E-state index contributed by atoms with van der Waals surface area (Å²) in [5.74, 6) is 0.0117. The number of pyridine rings is 1. The Morgan fingerprint density at radius 3 is 2.70 bits per heavy atom. The van der Waals surface area contributed by atoms with E-state index in [9.17, 15) is 4.39 Å². The predicted molar refractivity (Wildman–Crippen MR) is 76.2 cm³/mol. The Kier molecular flexibility index (Phi) is 3.12. The molecule has 3 rings (SSSR count). The average molecular weight is 289 g/mol. The van der Waals surface area contributed by atoms with Gasteiger partial charge in [-0.3, -0.25) is 4.57 Å². The van der Waals surface area contributed by atoms with Crippen LogP contribution < -0.4 is 5.73 Å². The number of imidazole rings is 1. The molecule has 0 aliphatic carbocycles. The maximum atomic E-state index is 14.0. The van der Waals surface area contributed by atoms with E-state index in [1.807, 2.05) is 6.07 Å². The van der Waals surface area contributed by atoms with Crippen molar-refractivity contribution in [2.75, 3.05) is 5.73 Å². The first-order chi connectivity index (χ1) is 9.65. The molecule has 0 unspecified atom stereocenters. The molecular weight excluding hydrogens is 279 g/mol. The highest BCUT2D eigenvalue weighted by molar-refractivity contribution is 6.30. The smallest absolute Gasteiger partial charge is 0.148 e. The first-order valence-electron chi connectivity index (χ1n) is 5.85. The number of nitrogen functional groups attached to an aromatic ring is 1. The van der Waals surface area contributed by atoms with Gasteiger partial charge in [0.25, 0.3) is 0 Å². The molecule has 1 aromatic carbocycles. The molecule has 0 saturated carbocycles. The van der Waals surface area contributed by atoms with Gasteiger partial charge < -0.3 is 5.73 Å². The van der Waals surface area contributed by atoms with E-state index in [1.165, 1.54) is 12.4 Å². The third kappa shape index (κ3) is 2.23. The van der Waals surface area contributed by atoms with Crippen LogP contribution in [0.4, 0.5) is 10.2 Å². The molecule has 100 valence electrons. The Balaban J connectivity index is 2.12. The molecule has 0 aliphatic rings. The molecule has 0 saturated heterocycles. The van der Waals surface area contributed by atoms with Crippen molar-refractivity contribution in [3.8, 4) is 16.9 Å². The minimum atomic E-state index is -0.417. The molecule has 2 heterocycles. The summed E-state index contributed by atoms with van der Waals surface area (Å²) in [4.78, 5) is 8.09. The van der Waals surface area contributed by atoms with Gasteiger partial charge in [0.1, 0.15) is 11.6 Å². The molecule has 0 amide bonds. The van der Waals surface area contributed by atoms with Crippen molar-refractivity contribution in [1.29, 1.82) is 0 Å². The fourth-order valence-corrected chi connectivity index (χ4v) is 2.09. The van der Waals surface area contributed by atoms with Crippen LogP contribution in [-0.2, 0) is 0 Å². The summed E-state index contributed by atoms with van der Waals surface area (Å²) in [7, 11) is 0. The Morgan fingerprint density at radius 1 is 1.15 bits per heavy atom. The zero-order valence-electron chi connectivity index (χ0n) is 10.3. The van der Waals surface area contributed by atoms with E-state index >= 15 is 0 Å². The number of hydrogen-bond acceptors (Lipinski definition) is 3. The summed E-state index contributed by atoms with van der Waals surface area (Å²) in [6, 6.07) is 8.00. The lowest BCUT2D eigenvalue weighted by atomic mass is 10.2. The summed E-state index contributed by atoms with van der Waals surface area (Å²) in [6.07, 6.45) is 4.80. The third-order valence-corrected chi connectivity index (χ3v) is 3.12. The van der Waals surface area contributed by atoms with Gasteiger partial charge in [0.2, 0.25) is 0 Å². The molecular formula is C14H10ClFN4. The van der Waals surface area contributed by atoms with Crippen molar-refractivity contribution in [3.05, 3.63) is 59.9 Å². The van der Waals surface area contributed by atoms with Crippen LogP contribution in [0.5, 0.6) is 0 Å². The minimum Gasteiger partial charge on any atom is -0.384 e. The second-order valence-electron chi connectivity index (χ2n) is 4.22. The van der Waals surface area contributed by atoms with Crippen molar-refractivity contribution in [2.45, 2.75) is 0 Å².